The lowest BCUT2D eigenvalue weighted by atomic mass is 10.1. The van der Waals surface area contributed by atoms with Crippen molar-refractivity contribution in [3.05, 3.63) is 81.9 Å². The zero-order chi connectivity index (χ0) is 17.1. The van der Waals surface area contributed by atoms with Gasteiger partial charge in [-0.05, 0) is 24.3 Å². The number of benzene rings is 2. The van der Waals surface area contributed by atoms with E-state index in [-0.39, 0.29) is 11.1 Å². The van der Waals surface area contributed by atoms with Crippen LogP contribution in [0.25, 0.3) is 10.9 Å². The summed E-state index contributed by atoms with van der Waals surface area (Å²) < 4.78 is 13.5. The van der Waals surface area contributed by atoms with Gasteiger partial charge < -0.3 is 4.98 Å². The zero-order valence-electron chi connectivity index (χ0n) is 12.3. The van der Waals surface area contributed by atoms with Crippen molar-refractivity contribution >= 4 is 22.7 Å². The van der Waals surface area contributed by atoms with Gasteiger partial charge in [0.15, 0.2) is 0 Å². The van der Waals surface area contributed by atoms with E-state index in [9.17, 15) is 18.8 Å². The molecule has 0 saturated heterocycles. The van der Waals surface area contributed by atoms with E-state index in [2.05, 4.69) is 15.8 Å². The van der Waals surface area contributed by atoms with Crippen LogP contribution in [0.2, 0.25) is 0 Å². The predicted molar refractivity (Wildman–Crippen MR) is 85.9 cm³/mol. The SMILES string of the molecule is O=C(NNC(=O)c1c[nH]c2ccccc2c1=O)c1ccccc1F. The van der Waals surface area contributed by atoms with Gasteiger partial charge in [-0.25, -0.2) is 4.39 Å². The summed E-state index contributed by atoms with van der Waals surface area (Å²) in [5, 5.41) is 0.352. The number of nitrogens with one attached hydrogen (secondary N) is 3. The van der Waals surface area contributed by atoms with Crippen LogP contribution >= 0.6 is 0 Å². The highest BCUT2D eigenvalue weighted by molar-refractivity contribution is 6.00. The number of hydrogen-bond acceptors (Lipinski definition) is 3. The molecule has 0 unspecified atom stereocenters. The van der Waals surface area contributed by atoms with Crippen molar-refractivity contribution in [2.75, 3.05) is 0 Å². The Kier molecular flexibility index (Phi) is 4.07. The van der Waals surface area contributed by atoms with Gasteiger partial charge >= 0.3 is 0 Å². The number of aromatic amines is 1. The number of pyridine rings is 1. The van der Waals surface area contributed by atoms with E-state index in [1.165, 1.54) is 24.4 Å². The first-order chi connectivity index (χ1) is 11.6. The average Bonchev–Trinajstić information content (AvgIpc) is 2.60. The van der Waals surface area contributed by atoms with Gasteiger partial charge in [-0.1, -0.05) is 24.3 Å². The Bertz CT molecular complexity index is 998. The fraction of sp³-hybridized carbons (Fsp3) is 0. The molecule has 3 aromatic rings. The maximum atomic E-state index is 13.5. The summed E-state index contributed by atoms with van der Waals surface area (Å²) in [6.45, 7) is 0. The minimum absolute atomic E-state index is 0.164. The van der Waals surface area contributed by atoms with Crippen molar-refractivity contribution in [3.8, 4) is 0 Å². The van der Waals surface area contributed by atoms with Crippen LogP contribution in [0.1, 0.15) is 20.7 Å². The smallest absolute Gasteiger partial charge is 0.275 e. The normalized spacial score (nSPS) is 10.4. The largest absolute Gasteiger partial charge is 0.360 e. The van der Waals surface area contributed by atoms with Crippen molar-refractivity contribution in [2.45, 2.75) is 0 Å². The molecule has 120 valence electrons. The highest BCUT2D eigenvalue weighted by atomic mass is 19.1. The number of hydrazine groups is 1. The third-order valence-corrected chi connectivity index (χ3v) is 3.44. The van der Waals surface area contributed by atoms with Crippen LogP contribution in [0.15, 0.2) is 59.5 Å². The third kappa shape index (κ3) is 2.87. The molecule has 1 heterocycles. The highest BCUT2D eigenvalue weighted by Gasteiger charge is 2.15. The van der Waals surface area contributed by atoms with Gasteiger partial charge in [0.05, 0.1) is 5.56 Å². The molecule has 0 radical (unpaired) electrons. The van der Waals surface area contributed by atoms with Gasteiger partial charge in [0.25, 0.3) is 11.8 Å². The number of rotatable bonds is 2. The van der Waals surface area contributed by atoms with Crippen LogP contribution in [0.3, 0.4) is 0 Å². The van der Waals surface area contributed by atoms with Crippen LogP contribution in [0, 0.1) is 5.82 Å². The van der Waals surface area contributed by atoms with Gasteiger partial charge in [0.1, 0.15) is 11.4 Å². The number of hydrogen-bond donors (Lipinski definition) is 3. The Balaban J connectivity index is 1.79. The number of para-hydroxylation sites is 1. The second-order valence-electron chi connectivity index (χ2n) is 4.97. The first kappa shape index (κ1) is 15.4. The molecular formula is C17H12FN3O3. The van der Waals surface area contributed by atoms with Crippen LogP contribution in [0.5, 0.6) is 0 Å². The summed E-state index contributed by atoms with van der Waals surface area (Å²) in [7, 11) is 0. The van der Waals surface area contributed by atoms with E-state index < -0.39 is 23.1 Å². The number of carbonyl (C=O) groups is 2. The van der Waals surface area contributed by atoms with Crippen LogP contribution < -0.4 is 16.3 Å². The van der Waals surface area contributed by atoms with Crippen molar-refractivity contribution in [1.82, 2.24) is 15.8 Å². The van der Waals surface area contributed by atoms with Crippen LogP contribution in [-0.4, -0.2) is 16.8 Å². The zero-order valence-corrected chi connectivity index (χ0v) is 12.3. The fourth-order valence-electron chi connectivity index (χ4n) is 2.23. The summed E-state index contributed by atoms with van der Waals surface area (Å²) in [4.78, 5) is 39.1. The summed E-state index contributed by atoms with van der Waals surface area (Å²) in [6, 6.07) is 12.1. The van der Waals surface area contributed by atoms with Gasteiger partial charge in [-0.15, -0.1) is 0 Å². The lowest BCUT2D eigenvalue weighted by Gasteiger charge is -2.08. The van der Waals surface area contributed by atoms with Gasteiger partial charge in [0, 0.05) is 17.1 Å². The number of H-pyrrole nitrogens is 1. The second kappa shape index (κ2) is 6.33. The molecule has 0 saturated carbocycles. The van der Waals surface area contributed by atoms with Gasteiger partial charge in [-0.2, -0.15) is 0 Å². The summed E-state index contributed by atoms with van der Waals surface area (Å²) in [6.07, 6.45) is 1.26. The van der Waals surface area contributed by atoms with E-state index >= 15 is 0 Å². The van der Waals surface area contributed by atoms with Crippen molar-refractivity contribution in [2.24, 2.45) is 0 Å². The first-order valence-electron chi connectivity index (χ1n) is 7.03. The molecule has 2 aromatic carbocycles. The molecule has 2 amide bonds. The lowest BCUT2D eigenvalue weighted by molar-refractivity contribution is 0.0843. The minimum atomic E-state index is -0.821. The molecule has 0 atom stereocenters. The molecule has 0 fully saturated rings. The van der Waals surface area contributed by atoms with E-state index in [4.69, 9.17) is 0 Å². The molecule has 0 spiro atoms. The quantitative estimate of drug-likeness (QED) is 0.627. The second-order valence-corrected chi connectivity index (χ2v) is 4.97. The summed E-state index contributed by atoms with van der Waals surface area (Å²) >= 11 is 0. The Labute approximate surface area is 135 Å². The number of aromatic nitrogens is 1. The van der Waals surface area contributed by atoms with Gasteiger partial charge in [0.2, 0.25) is 5.43 Å². The lowest BCUT2D eigenvalue weighted by Crippen LogP contribution is -2.43. The molecular weight excluding hydrogens is 313 g/mol. The third-order valence-electron chi connectivity index (χ3n) is 3.44. The molecule has 0 aliphatic heterocycles. The standard InChI is InChI=1S/C17H12FN3O3/c18-13-7-3-1-5-10(13)16(23)20-21-17(24)12-9-19-14-8-4-2-6-11(14)15(12)22/h1-9H,(H,19,22)(H,20,23)(H,21,24). The van der Waals surface area contributed by atoms with E-state index in [0.29, 0.717) is 10.9 Å². The summed E-state index contributed by atoms with van der Waals surface area (Å²) in [5.74, 6) is -2.34. The topological polar surface area (TPSA) is 91.1 Å². The maximum absolute atomic E-state index is 13.5. The van der Waals surface area contributed by atoms with Gasteiger partial charge in [-0.3, -0.25) is 25.2 Å². The highest BCUT2D eigenvalue weighted by Crippen LogP contribution is 2.07. The average molecular weight is 325 g/mol. The molecule has 1 aromatic heterocycles. The number of amides is 2. The number of fused-ring (bicyclic) bond motifs is 1. The van der Waals surface area contributed by atoms with Crippen LogP contribution in [-0.2, 0) is 0 Å². The molecule has 3 N–H and O–H groups in total. The number of carbonyl (C=O) groups excluding carboxylic acids is 2. The molecule has 0 bridgehead atoms. The molecule has 0 aliphatic rings. The molecule has 3 rings (SSSR count). The Morgan fingerprint density at radius 1 is 0.875 bits per heavy atom. The Morgan fingerprint density at radius 2 is 1.50 bits per heavy atom. The monoisotopic (exact) mass is 325 g/mol. The van der Waals surface area contributed by atoms with E-state index in [0.717, 1.165) is 6.07 Å². The van der Waals surface area contributed by atoms with E-state index in [1.54, 1.807) is 24.3 Å². The predicted octanol–water partition coefficient (Wildman–Crippen LogP) is 1.74. The molecule has 24 heavy (non-hydrogen) atoms. The maximum Gasteiger partial charge on any atom is 0.275 e. The fourth-order valence-corrected chi connectivity index (χ4v) is 2.23. The van der Waals surface area contributed by atoms with Crippen molar-refractivity contribution < 1.29 is 14.0 Å². The molecule has 6 nitrogen and oxygen atoms in total. The van der Waals surface area contributed by atoms with Crippen molar-refractivity contribution in [1.29, 1.82) is 0 Å². The number of halogens is 1. The minimum Gasteiger partial charge on any atom is -0.360 e. The van der Waals surface area contributed by atoms with Crippen molar-refractivity contribution in [3.63, 3.8) is 0 Å². The Hall–Kier alpha value is -3.48. The first-order valence-corrected chi connectivity index (χ1v) is 7.03. The Morgan fingerprint density at radius 3 is 2.25 bits per heavy atom. The summed E-state index contributed by atoms with van der Waals surface area (Å²) in [5.41, 5.74) is 3.93. The molecule has 0 aliphatic carbocycles. The van der Waals surface area contributed by atoms with E-state index in [1.807, 2.05) is 0 Å². The van der Waals surface area contributed by atoms with Crippen LogP contribution in [0.4, 0.5) is 4.39 Å². The molecule has 7 heteroatoms.